The Kier molecular flexibility index (Phi) is 11.9. The zero-order chi connectivity index (χ0) is 9.98. The van der Waals surface area contributed by atoms with Gasteiger partial charge in [-0.15, -0.1) is 0 Å². The van der Waals surface area contributed by atoms with Gasteiger partial charge in [-0.25, -0.2) is 0 Å². The zero-order valence-corrected chi connectivity index (χ0v) is 9.27. The van der Waals surface area contributed by atoms with Crippen LogP contribution in [0.5, 0.6) is 0 Å². The minimum Gasteiger partial charge on any atom is -0.472 e. The van der Waals surface area contributed by atoms with Crippen LogP contribution in [0.1, 0.15) is 45.7 Å². The molecule has 0 amide bonds. The van der Waals surface area contributed by atoms with Crippen molar-refractivity contribution in [3.8, 4) is 0 Å². The minimum absolute atomic E-state index is 1.07. The number of hydrogen-bond acceptors (Lipinski definition) is 1. The Morgan fingerprint density at radius 1 is 1.08 bits per heavy atom. The van der Waals surface area contributed by atoms with E-state index in [2.05, 4.69) is 13.8 Å². The zero-order valence-electron chi connectivity index (χ0n) is 9.27. The molecule has 0 radical (unpaired) electrons. The van der Waals surface area contributed by atoms with Crippen LogP contribution in [0.2, 0.25) is 0 Å². The van der Waals surface area contributed by atoms with Gasteiger partial charge in [-0.2, -0.15) is 0 Å². The molecule has 0 aliphatic heterocycles. The summed E-state index contributed by atoms with van der Waals surface area (Å²) in [6, 6.07) is 0. The molecule has 1 aromatic heterocycles. The molecular formula is C11H22O. The van der Waals surface area contributed by atoms with Gasteiger partial charge < -0.3 is 4.42 Å². The first-order valence-corrected chi connectivity index (χ1v) is 4.86. The van der Waals surface area contributed by atoms with Crippen LogP contribution >= 0.6 is 0 Å². The van der Waals surface area contributed by atoms with Gasteiger partial charge in [-0.3, -0.25) is 0 Å². The van der Waals surface area contributed by atoms with E-state index in [9.17, 15) is 0 Å². The van der Waals surface area contributed by atoms with E-state index >= 15 is 0 Å². The highest BCUT2D eigenvalue weighted by molar-refractivity contribution is 5.18. The Balaban J connectivity index is 0. The average molecular weight is 170 g/mol. The molecule has 0 atom stereocenters. The van der Waals surface area contributed by atoms with Crippen LogP contribution in [-0.2, 0) is 6.42 Å². The molecule has 1 rings (SSSR count). The maximum absolute atomic E-state index is 4.94. The van der Waals surface area contributed by atoms with E-state index in [1.54, 1.807) is 12.5 Å². The second-order valence-electron chi connectivity index (χ2n) is 1.93. The van der Waals surface area contributed by atoms with Crippen molar-refractivity contribution in [2.24, 2.45) is 0 Å². The summed E-state index contributed by atoms with van der Waals surface area (Å²) in [4.78, 5) is 0. The topological polar surface area (TPSA) is 13.1 Å². The van der Waals surface area contributed by atoms with Crippen molar-refractivity contribution >= 4 is 0 Å². The van der Waals surface area contributed by atoms with E-state index in [1.807, 2.05) is 27.7 Å². The van der Waals surface area contributed by atoms with E-state index in [4.69, 9.17) is 4.42 Å². The van der Waals surface area contributed by atoms with E-state index < -0.39 is 0 Å². The summed E-state index contributed by atoms with van der Waals surface area (Å²) < 4.78 is 4.94. The number of rotatable bonds is 1. The van der Waals surface area contributed by atoms with Gasteiger partial charge in [0, 0.05) is 0 Å². The minimum atomic E-state index is 1.07. The summed E-state index contributed by atoms with van der Waals surface area (Å²) in [6.07, 6.45) is 4.65. The average Bonchev–Trinajstić information content (AvgIpc) is 2.58. The van der Waals surface area contributed by atoms with Crippen LogP contribution in [0.4, 0.5) is 0 Å². The first-order valence-electron chi connectivity index (χ1n) is 4.86. The molecule has 0 bridgehead atoms. The summed E-state index contributed by atoms with van der Waals surface area (Å²) in [6.45, 7) is 12.2. The molecule has 0 saturated heterocycles. The standard InChI is InChI=1S/C7H10O.2C2H6/c1-3-7-5-8-4-6(7)2;2*1-2/h4-5H,3H2,1-2H3;2*1-2H3. The summed E-state index contributed by atoms with van der Waals surface area (Å²) in [7, 11) is 0. The van der Waals surface area contributed by atoms with E-state index in [-0.39, 0.29) is 0 Å². The van der Waals surface area contributed by atoms with Gasteiger partial charge >= 0.3 is 0 Å². The van der Waals surface area contributed by atoms with Crippen molar-refractivity contribution in [3.63, 3.8) is 0 Å². The highest BCUT2D eigenvalue weighted by Crippen LogP contribution is 2.07. The lowest BCUT2D eigenvalue weighted by Crippen LogP contribution is -1.75. The number of aryl methyl sites for hydroxylation is 2. The monoisotopic (exact) mass is 170 g/mol. The third-order valence-electron chi connectivity index (χ3n) is 1.34. The van der Waals surface area contributed by atoms with Crippen LogP contribution in [-0.4, -0.2) is 0 Å². The van der Waals surface area contributed by atoms with Crippen LogP contribution < -0.4 is 0 Å². The van der Waals surface area contributed by atoms with Crippen molar-refractivity contribution in [2.45, 2.75) is 48.0 Å². The van der Waals surface area contributed by atoms with Crippen LogP contribution in [0.15, 0.2) is 16.9 Å². The van der Waals surface area contributed by atoms with Crippen molar-refractivity contribution in [1.29, 1.82) is 0 Å². The maximum Gasteiger partial charge on any atom is 0.0937 e. The van der Waals surface area contributed by atoms with Gasteiger partial charge in [0.15, 0.2) is 0 Å². The second kappa shape index (κ2) is 10.3. The van der Waals surface area contributed by atoms with Crippen molar-refractivity contribution in [2.75, 3.05) is 0 Å². The second-order valence-corrected chi connectivity index (χ2v) is 1.93. The van der Waals surface area contributed by atoms with Crippen LogP contribution in [0.25, 0.3) is 0 Å². The third kappa shape index (κ3) is 5.00. The quantitative estimate of drug-likeness (QED) is 0.615. The Morgan fingerprint density at radius 2 is 1.58 bits per heavy atom. The van der Waals surface area contributed by atoms with Gasteiger partial charge in [-0.1, -0.05) is 34.6 Å². The lowest BCUT2D eigenvalue weighted by Gasteiger charge is -1.85. The maximum atomic E-state index is 4.94. The molecule has 0 saturated carbocycles. The fourth-order valence-electron chi connectivity index (χ4n) is 0.749. The molecule has 12 heavy (non-hydrogen) atoms. The molecule has 0 spiro atoms. The molecule has 0 fully saturated rings. The molecule has 1 aromatic rings. The SMILES string of the molecule is CC.CC.CCc1cocc1C. The molecular weight excluding hydrogens is 148 g/mol. The normalized spacial score (nSPS) is 7.50. The molecule has 1 heterocycles. The fourth-order valence-corrected chi connectivity index (χ4v) is 0.749. The van der Waals surface area contributed by atoms with Crippen LogP contribution in [0.3, 0.4) is 0 Å². The Bertz CT molecular complexity index is 165. The Labute approximate surface area is 76.8 Å². The van der Waals surface area contributed by atoms with Crippen molar-refractivity contribution in [3.05, 3.63) is 23.7 Å². The first-order chi connectivity index (χ1) is 5.84. The smallest absolute Gasteiger partial charge is 0.0937 e. The molecule has 0 aromatic carbocycles. The molecule has 0 aliphatic carbocycles. The van der Waals surface area contributed by atoms with E-state index in [0.717, 1.165) is 6.42 Å². The lowest BCUT2D eigenvalue weighted by atomic mass is 10.2. The highest BCUT2D eigenvalue weighted by atomic mass is 16.3. The van der Waals surface area contributed by atoms with Crippen LogP contribution in [0, 0.1) is 6.92 Å². The molecule has 1 nitrogen and oxygen atoms in total. The summed E-state index contributed by atoms with van der Waals surface area (Å²) in [5.41, 5.74) is 2.57. The summed E-state index contributed by atoms with van der Waals surface area (Å²) in [5, 5.41) is 0. The predicted molar refractivity (Wildman–Crippen MR) is 55.5 cm³/mol. The predicted octanol–water partition coefficient (Wildman–Crippen LogP) is 4.20. The molecule has 0 aliphatic rings. The van der Waals surface area contributed by atoms with Gasteiger partial charge in [-0.05, 0) is 24.5 Å². The number of hydrogen-bond donors (Lipinski definition) is 0. The van der Waals surface area contributed by atoms with Crippen molar-refractivity contribution < 1.29 is 4.42 Å². The highest BCUT2D eigenvalue weighted by Gasteiger charge is 1.93. The molecule has 0 unspecified atom stereocenters. The largest absolute Gasteiger partial charge is 0.472 e. The lowest BCUT2D eigenvalue weighted by molar-refractivity contribution is 0.563. The Hall–Kier alpha value is -0.720. The molecule has 0 N–H and O–H groups in total. The molecule has 1 heteroatoms. The van der Waals surface area contributed by atoms with Gasteiger partial charge in [0.05, 0.1) is 12.5 Å². The van der Waals surface area contributed by atoms with Gasteiger partial charge in [0.2, 0.25) is 0 Å². The summed E-state index contributed by atoms with van der Waals surface area (Å²) in [5.74, 6) is 0. The van der Waals surface area contributed by atoms with E-state index in [1.165, 1.54) is 11.1 Å². The van der Waals surface area contributed by atoms with Crippen molar-refractivity contribution in [1.82, 2.24) is 0 Å². The fraction of sp³-hybridized carbons (Fsp3) is 0.636. The summed E-state index contributed by atoms with van der Waals surface area (Å²) >= 11 is 0. The van der Waals surface area contributed by atoms with Gasteiger partial charge in [0.25, 0.3) is 0 Å². The Morgan fingerprint density at radius 3 is 1.75 bits per heavy atom. The third-order valence-corrected chi connectivity index (χ3v) is 1.34. The van der Waals surface area contributed by atoms with E-state index in [0.29, 0.717) is 0 Å². The first kappa shape index (κ1) is 13.8. The molecule has 72 valence electrons. The number of furan rings is 1. The van der Waals surface area contributed by atoms with Gasteiger partial charge in [0.1, 0.15) is 0 Å².